The number of hydrogen-bond donors (Lipinski definition) is 3. The highest BCUT2D eigenvalue weighted by Gasteiger charge is 2.35. The third-order valence-corrected chi connectivity index (χ3v) is 13.3. The number of halogens is 1. The van der Waals surface area contributed by atoms with E-state index < -0.39 is 29.4 Å². The van der Waals surface area contributed by atoms with Gasteiger partial charge >= 0.3 is 0 Å². The summed E-state index contributed by atoms with van der Waals surface area (Å²) in [6.07, 6.45) is 4.35. The second kappa shape index (κ2) is 30.0. The Labute approximate surface area is 420 Å². The third kappa shape index (κ3) is 17.2. The zero-order valence-electron chi connectivity index (χ0n) is 41.5. The molecule has 1 fully saturated rings. The van der Waals surface area contributed by atoms with Crippen LogP contribution in [0.2, 0.25) is 5.02 Å². The van der Waals surface area contributed by atoms with E-state index in [2.05, 4.69) is 34.7 Å². The highest BCUT2D eigenvalue weighted by Crippen LogP contribution is 2.39. The number of likely N-dealkylation sites (tertiary alicyclic amines) is 1. The average molecular weight is 1020 g/mol. The van der Waals surface area contributed by atoms with Crippen molar-refractivity contribution in [3.63, 3.8) is 0 Å². The molecule has 4 atom stereocenters. The molecule has 0 aliphatic carbocycles. The van der Waals surface area contributed by atoms with Crippen LogP contribution in [-0.4, -0.2) is 174 Å². The number of aryl methyl sites for hydroxylation is 2. The van der Waals surface area contributed by atoms with Crippen molar-refractivity contribution < 1.29 is 52.3 Å². The Hall–Kier alpha value is -4.22. The van der Waals surface area contributed by atoms with Gasteiger partial charge in [-0.05, 0) is 57.7 Å². The van der Waals surface area contributed by atoms with Crippen LogP contribution in [-0.2, 0) is 52.3 Å². The molecule has 3 aromatic rings. The van der Waals surface area contributed by atoms with Gasteiger partial charge in [0.15, 0.2) is 5.82 Å². The third-order valence-electron chi connectivity index (χ3n) is 11.9. The van der Waals surface area contributed by atoms with Crippen molar-refractivity contribution in [2.75, 3.05) is 112 Å². The summed E-state index contributed by atoms with van der Waals surface area (Å²) in [5, 5.41) is 16.3. The van der Waals surface area contributed by atoms with E-state index in [0.29, 0.717) is 109 Å². The lowest BCUT2D eigenvalue weighted by atomic mass is 9.94. The number of unbranched alkanes of at least 4 members (excludes halogenated alkanes) is 1. The smallest absolute Gasteiger partial charge is 0.246 e. The number of hydrogen-bond acceptors (Lipinski definition) is 16. The molecule has 4 heterocycles. The van der Waals surface area contributed by atoms with Crippen molar-refractivity contribution in [2.45, 2.75) is 91.3 Å². The van der Waals surface area contributed by atoms with Crippen molar-refractivity contribution in [3.05, 3.63) is 62.5 Å². The summed E-state index contributed by atoms with van der Waals surface area (Å²) < 4.78 is 42.3. The summed E-state index contributed by atoms with van der Waals surface area (Å²) in [5.74, 6) is 0.495. The molecule has 70 heavy (non-hydrogen) atoms. The summed E-state index contributed by atoms with van der Waals surface area (Å²) in [4.78, 5) is 59.2. The normalized spacial score (nSPS) is 16.8. The first-order chi connectivity index (χ1) is 33.9. The molecule has 0 radical (unpaired) electrons. The summed E-state index contributed by atoms with van der Waals surface area (Å²) in [6, 6.07) is 5.81. The number of fused-ring (bicyclic) bond motifs is 3. The first-order valence-electron chi connectivity index (χ1n) is 24.3. The van der Waals surface area contributed by atoms with Gasteiger partial charge in [-0.2, -0.15) is 0 Å². The first kappa shape index (κ1) is 56.7. The Bertz CT molecular complexity index is 2140. The van der Waals surface area contributed by atoms with Crippen LogP contribution in [0, 0.1) is 26.2 Å². The van der Waals surface area contributed by atoms with Gasteiger partial charge in [0.1, 0.15) is 35.8 Å². The molecule has 5 rings (SSSR count). The van der Waals surface area contributed by atoms with Gasteiger partial charge in [-0.3, -0.25) is 23.9 Å². The minimum Gasteiger partial charge on any atom is -0.378 e. The monoisotopic (exact) mass is 1020 g/mol. The van der Waals surface area contributed by atoms with E-state index in [1.54, 1.807) is 16.2 Å². The van der Waals surface area contributed by atoms with Crippen molar-refractivity contribution in [3.8, 4) is 5.00 Å². The second-order valence-corrected chi connectivity index (χ2v) is 19.4. The number of amides is 3. The fraction of sp³-hybridized carbons (Fsp3) is 0.653. The van der Waals surface area contributed by atoms with Crippen molar-refractivity contribution in [2.24, 2.45) is 16.1 Å². The van der Waals surface area contributed by atoms with Gasteiger partial charge in [-0.15, -0.1) is 21.5 Å². The van der Waals surface area contributed by atoms with E-state index in [-0.39, 0.29) is 44.7 Å². The molecule has 0 spiro atoms. The SMILES string of the molecule is CCCCC(NC(=O)COCC(C)(COCCOCCOCCN)COCCOCCOCCNC(=O)CC1N=C(c2ccc(Cl)cc2)c2c(sc(C)c2C)-n2c(C)nnc21)C(=O)N1CCCC1C=O. The molecule has 2 aromatic heterocycles. The van der Waals surface area contributed by atoms with E-state index >= 15 is 0 Å². The number of nitrogens with two attached hydrogens (primary N) is 1. The molecule has 0 bridgehead atoms. The number of carbonyl (C=O) groups excluding carboxylic acids is 4. The van der Waals surface area contributed by atoms with E-state index in [0.717, 1.165) is 58.8 Å². The van der Waals surface area contributed by atoms with Gasteiger partial charge in [0.25, 0.3) is 0 Å². The van der Waals surface area contributed by atoms with Crippen LogP contribution in [0.15, 0.2) is 29.3 Å². The number of nitrogens with zero attached hydrogens (tertiary/aromatic N) is 5. The molecule has 388 valence electrons. The molecule has 2 aliphatic heterocycles. The zero-order chi connectivity index (χ0) is 50.3. The number of aromatic nitrogens is 3. The predicted molar refractivity (Wildman–Crippen MR) is 266 cm³/mol. The van der Waals surface area contributed by atoms with Gasteiger partial charge < -0.3 is 59.2 Å². The highest BCUT2D eigenvalue weighted by molar-refractivity contribution is 7.15. The average Bonchev–Trinajstić information content (AvgIpc) is 4.04. The number of ether oxygens (including phenoxy) is 7. The molecular formula is C49H73ClN8O11S. The Morgan fingerprint density at radius 2 is 1.51 bits per heavy atom. The van der Waals surface area contributed by atoms with Crippen LogP contribution in [0.25, 0.3) is 5.00 Å². The predicted octanol–water partition coefficient (Wildman–Crippen LogP) is 4.25. The fourth-order valence-corrected chi connectivity index (χ4v) is 9.41. The Morgan fingerprint density at radius 1 is 0.886 bits per heavy atom. The highest BCUT2D eigenvalue weighted by atomic mass is 35.5. The van der Waals surface area contributed by atoms with Crippen LogP contribution in [0.3, 0.4) is 0 Å². The number of aldehydes is 1. The summed E-state index contributed by atoms with van der Waals surface area (Å²) in [5.41, 5.74) is 8.63. The summed E-state index contributed by atoms with van der Waals surface area (Å²) >= 11 is 7.90. The zero-order valence-corrected chi connectivity index (χ0v) is 43.0. The maximum absolute atomic E-state index is 13.3. The van der Waals surface area contributed by atoms with Gasteiger partial charge in [-0.1, -0.05) is 50.4 Å². The molecule has 2 aliphatic rings. The van der Waals surface area contributed by atoms with Crippen LogP contribution in [0.1, 0.15) is 91.6 Å². The minimum atomic E-state index is -0.727. The summed E-state index contributed by atoms with van der Waals surface area (Å²) in [7, 11) is 0. The van der Waals surface area contributed by atoms with E-state index in [1.165, 1.54) is 4.88 Å². The topological polar surface area (TPSA) is 229 Å². The molecule has 1 aromatic carbocycles. The fourth-order valence-electron chi connectivity index (χ4n) is 8.07. The number of benzene rings is 1. The maximum Gasteiger partial charge on any atom is 0.246 e. The van der Waals surface area contributed by atoms with Crippen LogP contribution >= 0.6 is 22.9 Å². The lowest BCUT2D eigenvalue weighted by Crippen LogP contribution is -2.51. The van der Waals surface area contributed by atoms with Crippen LogP contribution < -0.4 is 16.4 Å². The van der Waals surface area contributed by atoms with Crippen molar-refractivity contribution in [1.82, 2.24) is 30.3 Å². The summed E-state index contributed by atoms with van der Waals surface area (Å²) in [6.45, 7) is 15.3. The van der Waals surface area contributed by atoms with Crippen molar-refractivity contribution >= 4 is 52.7 Å². The van der Waals surface area contributed by atoms with E-state index in [9.17, 15) is 19.2 Å². The molecule has 4 unspecified atom stereocenters. The molecule has 19 nitrogen and oxygen atoms in total. The Balaban J connectivity index is 1.02. The van der Waals surface area contributed by atoms with E-state index in [4.69, 9.17) is 55.5 Å². The quantitative estimate of drug-likeness (QED) is 0.0562. The molecule has 1 saturated heterocycles. The lowest BCUT2D eigenvalue weighted by Gasteiger charge is -2.29. The first-order valence-corrected chi connectivity index (χ1v) is 25.5. The largest absolute Gasteiger partial charge is 0.378 e. The number of carbonyl (C=O) groups is 4. The molecule has 4 N–H and O–H groups in total. The Kier molecular flexibility index (Phi) is 24.3. The lowest BCUT2D eigenvalue weighted by molar-refractivity contribution is -0.140. The second-order valence-electron chi connectivity index (χ2n) is 17.7. The van der Waals surface area contributed by atoms with Gasteiger partial charge in [0.05, 0.1) is 104 Å². The maximum atomic E-state index is 13.3. The van der Waals surface area contributed by atoms with Gasteiger partial charge in [0.2, 0.25) is 17.7 Å². The van der Waals surface area contributed by atoms with Crippen molar-refractivity contribution in [1.29, 1.82) is 0 Å². The van der Waals surface area contributed by atoms with Gasteiger partial charge in [0, 0.05) is 46.1 Å². The number of nitrogens with one attached hydrogen (secondary N) is 2. The van der Waals surface area contributed by atoms with Crippen LogP contribution in [0.4, 0.5) is 0 Å². The number of aliphatic imine (C=N–C) groups is 1. The molecule has 0 saturated carbocycles. The minimum absolute atomic E-state index is 0.0728. The molecular weight excluding hydrogens is 944 g/mol. The molecule has 3 amide bonds. The number of rotatable bonds is 34. The van der Waals surface area contributed by atoms with E-state index in [1.807, 2.05) is 49.6 Å². The molecule has 21 heteroatoms. The van der Waals surface area contributed by atoms with Crippen LogP contribution in [0.5, 0.6) is 0 Å². The Morgan fingerprint density at radius 3 is 2.16 bits per heavy atom. The standard InChI is InChI=1S/C49H73ClN8O11S/c1-6-7-10-40(47(62)57-17-8-9-39(57)29-59)53-43(61)30-69-33-49(5,31-67-26-24-65-22-20-63-18-15-51)32-68-27-25-66-23-21-64-19-16-52-42(60)28-41-46-56-55-36(4)58(46)48-44(34(2)35(3)70-48)45(54-41)37-11-13-38(50)14-12-37/h11-14,29,39-41H,6-10,15-28,30-33,51H2,1-5H3,(H,52,60)(H,53,61). The van der Waals surface area contributed by atoms with Gasteiger partial charge in [-0.25, -0.2) is 0 Å². The number of thiophene rings is 1.